The molecule has 1 rings (SSSR count). The predicted molar refractivity (Wildman–Crippen MR) is 337 cm³/mol. The fraction of sp³-hybridized carbons (Fsp3) is 0.735. The summed E-state index contributed by atoms with van der Waals surface area (Å²) in [7, 11) is -3.20. The van der Waals surface area contributed by atoms with E-state index in [0.717, 1.165) is 89.7 Å². The summed E-state index contributed by atoms with van der Waals surface area (Å²) in [5.41, 5.74) is 5.48. The van der Waals surface area contributed by atoms with Crippen molar-refractivity contribution in [2.75, 3.05) is 33.5 Å². The van der Waals surface area contributed by atoms with Crippen molar-refractivity contribution in [1.29, 1.82) is 0 Å². The zero-order chi connectivity index (χ0) is 60.1. The Labute approximate surface area is 494 Å². The van der Waals surface area contributed by atoms with Gasteiger partial charge in [0.05, 0.1) is 6.61 Å². The maximum absolute atomic E-state index is 12.5. The molecule has 0 aliphatic heterocycles. The minimum atomic E-state index is -4.26. The van der Waals surface area contributed by atoms with E-state index in [9.17, 15) is 28.6 Å². The quantitative estimate of drug-likeness (QED) is 0.0149. The Morgan fingerprint density at radius 1 is 0.617 bits per heavy atom. The minimum Gasteiger partial charge on any atom is -0.462 e. The van der Waals surface area contributed by atoms with Gasteiger partial charge < -0.3 is 24.4 Å². The first kappa shape index (κ1) is 77.2. The van der Waals surface area contributed by atoms with Crippen LogP contribution in [-0.4, -0.2) is 68.3 Å². The zero-order valence-electron chi connectivity index (χ0n) is 52.9. The Hall–Kier alpha value is -3.83. The summed E-state index contributed by atoms with van der Waals surface area (Å²) in [5, 5.41) is 2.80. The Bertz CT molecular complexity index is 1910. The lowest BCUT2D eigenvalue weighted by Gasteiger charge is -2.32. The molecule has 0 saturated heterocycles. The molecule has 1 amide bonds. The fourth-order valence-electron chi connectivity index (χ4n) is 9.31. The van der Waals surface area contributed by atoms with E-state index in [1.165, 1.54) is 126 Å². The molecule has 2 N–H and O–H groups in total. The summed E-state index contributed by atoms with van der Waals surface area (Å²) in [6.07, 6.45) is 57.7. The first-order chi connectivity index (χ1) is 39.0. The maximum Gasteiger partial charge on any atom is 0.472 e. The maximum atomic E-state index is 12.5. The van der Waals surface area contributed by atoms with Crippen molar-refractivity contribution in [1.82, 2.24) is 5.32 Å². The monoisotopic (exact) mass is 1160 g/mol. The van der Waals surface area contributed by atoms with Crippen LogP contribution < -0.4 is 5.32 Å². The van der Waals surface area contributed by atoms with Crippen LogP contribution in [-0.2, 0) is 47.0 Å². The fourth-order valence-corrected chi connectivity index (χ4v) is 9.77. The summed E-state index contributed by atoms with van der Waals surface area (Å²) in [6.45, 7) is 17.8. The van der Waals surface area contributed by atoms with Gasteiger partial charge in [-0.1, -0.05) is 209 Å². The second-order valence-electron chi connectivity index (χ2n) is 22.8. The highest BCUT2D eigenvalue weighted by atomic mass is 31.2. The van der Waals surface area contributed by atoms with E-state index in [4.69, 9.17) is 18.7 Å². The number of ether oxygens (including phenoxy) is 3. The second kappa shape index (κ2) is 52.9. The number of carbonyl (C=O) groups excluding carboxylic acids is 4. The second-order valence-corrected chi connectivity index (χ2v) is 24.3. The molecule has 0 bridgehead atoms. The number of unbranched alkanes of at least 4 members (excludes halogenated alkanes) is 22. The largest absolute Gasteiger partial charge is 0.472 e. The molecule has 0 aromatic carbocycles. The van der Waals surface area contributed by atoms with E-state index in [1.807, 2.05) is 32.1 Å². The van der Waals surface area contributed by atoms with Crippen molar-refractivity contribution in [3.8, 4) is 0 Å². The van der Waals surface area contributed by atoms with E-state index >= 15 is 0 Å². The topological polar surface area (TPSA) is 164 Å². The summed E-state index contributed by atoms with van der Waals surface area (Å²) in [4.78, 5) is 57.6. The Kier molecular flexibility index (Phi) is 50.4. The van der Waals surface area contributed by atoms with Crippen LogP contribution in [0.2, 0.25) is 0 Å². The third kappa shape index (κ3) is 49.3. The molecule has 1 aliphatic carbocycles. The molecule has 0 saturated carbocycles. The summed E-state index contributed by atoms with van der Waals surface area (Å²) in [6, 6.07) is 0. The van der Waals surface area contributed by atoms with Crippen LogP contribution >= 0.6 is 7.82 Å². The van der Waals surface area contributed by atoms with Gasteiger partial charge in [-0.05, 0) is 134 Å². The van der Waals surface area contributed by atoms with Gasteiger partial charge in [-0.15, -0.1) is 0 Å². The third-order valence-corrected chi connectivity index (χ3v) is 15.4. The standard InChI is InChI=1S/C40H75O8P.C28H43NO3/c1-4-6-8-10-12-14-16-18-20-22-24-26-28-30-32-34-39(41)46-36-38(37-47-49(43,44)45-3)48-40(42)35-33-31-29-27-25-23-21-19-17-15-13-11-9-7-5-2;1-7-20-29-26(30)14-9-15-27(31)32-21-18-23(3)12-8-11-22(2)16-17-25-24(4)13-10-19-28(25,5)6/h18-21,38H,4-17,22-37H2,1-3H3,(H,43,44);8,11-12,16-18H,7,9-10,13-15,19-21H2,1-6H3,(H,29,30)/b20-18-,21-19-;12-8+,17-16+,22-11+,23-18+/t38-;/m1./s1. The van der Waals surface area contributed by atoms with E-state index < -0.39 is 26.5 Å². The predicted octanol–water partition coefficient (Wildman–Crippen LogP) is 19.0. The number of phosphoric acid groups is 1. The van der Waals surface area contributed by atoms with Crippen LogP contribution in [0.3, 0.4) is 0 Å². The van der Waals surface area contributed by atoms with E-state index in [2.05, 4.69) is 93.9 Å². The SMILES string of the molecule is CCCCCCCC/C=C\CCCCCCCC(=O)OC[C@H](COP(=O)(O)OC)OC(=O)CCCCCCC/C=C\CCCCCCCC.CCCNC(=O)CCCC(=O)OC/C=C(C)/C=C/C=C(C)/C=C/C1=C(C)CCCC1(C)C. The molecule has 0 radical (unpaired) electrons. The van der Waals surface area contributed by atoms with Crippen LogP contribution in [0.4, 0.5) is 0 Å². The molecule has 0 heterocycles. The van der Waals surface area contributed by atoms with Crippen LogP contribution in [0.15, 0.2) is 83.1 Å². The average molecular weight is 1160 g/mol. The molecule has 0 aromatic heterocycles. The number of allylic oxidation sites excluding steroid dienone is 13. The highest BCUT2D eigenvalue weighted by Crippen LogP contribution is 2.42. The summed E-state index contributed by atoms with van der Waals surface area (Å²) >= 11 is 0. The normalized spacial score (nSPS) is 15.1. The van der Waals surface area contributed by atoms with Gasteiger partial charge in [-0.25, -0.2) is 4.57 Å². The number of phosphoric ester groups is 1. The highest BCUT2D eigenvalue weighted by Gasteiger charge is 2.27. The van der Waals surface area contributed by atoms with Crippen molar-refractivity contribution in [2.45, 2.75) is 286 Å². The smallest absolute Gasteiger partial charge is 0.462 e. The number of hydrogen-bond donors (Lipinski definition) is 2. The van der Waals surface area contributed by atoms with Gasteiger partial charge in [0, 0.05) is 39.3 Å². The van der Waals surface area contributed by atoms with Gasteiger partial charge in [-0.3, -0.25) is 28.2 Å². The average Bonchev–Trinajstić information content (AvgIpc) is 3.45. The van der Waals surface area contributed by atoms with Crippen molar-refractivity contribution < 1.29 is 51.9 Å². The lowest BCUT2D eigenvalue weighted by atomic mass is 9.72. The van der Waals surface area contributed by atoms with Gasteiger partial charge in [0.1, 0.15) is 13.2 Å². The van der Waals surface area contributed by atoms with Crippen molar-refractivity contribution >= 4 is 31.6 Å². The van der Waals surface area contributed by atoms with E-state index in [-0.39, 0.29) is 55.7 Å². The number of amides is 1. The van der Waals surface area contributed by atoms with E-state index in [0.29, 0.717) is 25.8 Å². The molecule has 0 aromatic rings. The molecule has 81 heavy (non-hydrogen) atoms. The van der Waals surface area contributed by atoms with Crippen LogP contribution in [0.5, 0.6) is 0 Å². The lowest BCUT2D eigenvalue weighted by Crippen LogP contribution is -2.29. The molecule has 1 unspecified atom stereocenters. The minimum absolute atomic E-state index is 0.00645. The Balaban J connectivity index is 0.00000172. The van der Waals surface area contributed by atoms with Crippen molar-refractivity contribution in [2.24, 2.45) is 5.41 Å². The Morgan fingerprint density at radius 2 is 1.11 bits per heavy atom. The van der Waals surface area contributed by atoms with Gasteiger partial charge in [0.15, 0.2) is 6.10 Å². The molecule has 0 spiro atoms. The summed E-state index contributed by atoms with van der Waals surface area (Å²) in [5.74, 6) is -1.09. The molecule has 466 valence electrons. The highest BCUT2D eigenvalue weighted by molar-refractivity contribution is 7.47. The van der Waals surface area contributed by atoms with E-state index in [1.54, 1.807) is 0 Å². The first-order valence-electron chi connectivity index (χ1n) is 32.0. The first-order valence-corrected chi connectivity index (χ1v) is 33.5. The van der Waals surface area contributed by atoms with Crippen LogP contribution in [0, 0.1) is 5.41 Å². The van der Waals surface area contributed by atoms with Gasteiger partial charge in [0.2, 0.25) is 5.91 Å². The van der Waals surface area contributed by atoms with Crippen LogP contribution in [0.1, 0.15) is 280 Å². The number of carbonyl (C=O) groups is 4. The molecule has 0 fully saturated rings. The Morgan fingerprint density at radius 3 is 1.63 bits per heavy atom. The summed E-state index contributed by atoms with van der Waals surface area (Å²) < 4.78 is 37.1. The van der Waals surface area contributed by atoms with Crippen molar-refractivity contribution in [3.05, 3.63) is 83.1 Å². The number of rotatable bonds is 49. The van der Waals surface area contributed by atoms with Gasteiger partial charge in [-0.2, -0.15) is 0 Å². The number of esters is 3. The zero-order valence-corrected chi connectivity index (χ0v) is 53.8. The molecule has 13 heteroatoms. The third-order valence-electron chi connectivity index (χ3n) is 14.4. The molecule has 12 nitrogen and oxygen atoms in total. The number of nitrogens with one attached hydrogen (secondary N) is 1. The molecule has 2 atom stereocenters. The molecular weight excluding hydrogens is 1040 g/mol. The van der Waals surface area contributed by atoms with Crippen molar-refractivity contribution in [3.63, 3.8) is 0 Å². The number of hydrogen-bond acceptors (Lipinski definition) is 10. The molecular formula is C68H118NO11P. The van der Waals surface area contributed by atoms with Gasteiger partial charge in [0.25, 0.3) is 0 Å². The van der Waals surface area contributed by atoms with Crippen LogP contribution in [0.25, 0.3) is 0 Å². The lowest BCUT2D eigenvalue weighted by molar-refractivity contribution is -0.161. The van der Waals surface area contributed by atoms with Gasteiger partial charge >= 0.3 is 25.7 Å². The molecule has 1 aliphatic rings.